The number of Topliss-reactive ketones (excluding diaryl/α,β-unsaturated/α-hetero) is 1. The van der Waals surface area contributed by atoms with E-state index in [1.165, 1.54) is 16.7 Å². The first-order valence-electron chi connectivity index (χ1n) is 10.7. The molecule has 0 atom stereocenters. The van der Waals surface area contributed by atoms with E-state index in [1.807, 2.05) is 12.1 Å². The summed E-state index contributed by atoms with van der Waals surface area (Å²) in [6.45, 7) is 12.5. The molecular formula is C26H30N4O. The smallest absolute Gasteiger partial charge is 0.229 e. The summed E-state index contributed by atoms with van der Waals surface area (Å²) in [7, 11) is 0. The lowest BCUT2D eigenvalue weighted by Gasteiger charge is -2.30. The highest BCUT2D eigenvalue weighted by molar-refractivity contribution is 6.03. The first kappa shape index (κ1) is 21.0. The lowest BCUT2D eigenvalue weighted by Crippen LogP contribution is -2.29. The molecule has 0 radical (unpaired) electrons. The molecule has 1 aromatic heterocycles. The largest absolute Gasteiger partial charge is 0.339 e. The molecule has 0 unspecified atom stereocenters. The van der Waals surface area contributed by atoms with Crippen molar-refractivity contribution >= 4 is 28.9 Å². The Kier molecular flexibility index (Phi) is 5.29. The third-order valence-corrected chi connectivity index (χ3v) is 5.95. The van der Waals surface area contributed by atoms with Crippen molar-refractivity contribution in [3.8, 4) is 0 Å². The summed E-state index contributed by atoms with van der Waals surface area (Å²) in [5.74, 6) is 1.17. The van der Waals surface area contributed by atoms with Crippen LogP contribution in [-0.4, -0.2) is 15.8 Å². The number of carbonyl (C=O) groups excluding carboxylic acids is 1. The Morgan fingerprint density at radius 3 is 2.32 bits per heavy atom. The van der Waals surface area contributed by atoms with Gasteiger partial charge in [-0.25, -0.2) is 4.98 Å². The first-order chi connectivity index (χ1) is 14.6. The molecule has 0 saturated heterocycles. The Hall–Kier alpha value is -3.21. The highest BCUT2D eigenvalue weighted by atomic mass is 16.1. The van der Waals surface area contributed by atoms with E-state index >= 15 is 0 Å². The molecule has 5 nitrogen and oxygen atoms in total. The van der Waals surface area contributed by atoms with Crippen LogP contribution in [0.25, 0.3) is 0 Å². The summed E-state index contributed by atoms with van der Waals surface area (Å²) in [6.07, 6.45) is 1.23. The van der Waals surface area contributed by atoms with E-state index in [0.29, 0.717) is 23.8 Å². The van der Waals surface area contributed by atoms with Crippen LogP contribution in [0.5, 0.6) is 0 Å². The van der Waals surface area contributed by atoms with E-state index in [-0.39, 0.29) is 11.2 Å². The molecule has 4 rings (SSSR count). The quantitative estimate of drug-likeness (QED) is 0.520. The number of benzene rings is 2. The Labute approximate surface area is 184 Å². The molecule has 160 valence electrons. The number of rotatable bonds is 4. The average Bonchev–Trinajstić information content (AvgIpc) is 2.65. The number of nitrogens with zero attached hydrogens (tertiary/aromatic N) is 2. The first-order valence-corrected chi connectivity index (χ1v) is 10.7. The van der Waals surface area contributed by atoms with Crippen molar-refractivity contribution in [1.82, 2.24) is 9.97 Å². The zero-order valence-electron chi connectivity index (χ0n) is 19.2. The molecule has 3 aromatic rings. The topological polar surface area (TPSA) is 66.9 Å². The van der Waals surface area contributed by atoms with Crippen LogP contribution in [0.3, 0.4) is 0 Å². The van der Waals surface area contributed by atoms with Crippen molar-refractivity contribution in [2.45, 2.75) is 54.4 Å². The second kappa shape index (κ2) is 7.80. The van der Waals surface area contributed by atoms with Crippen molar-refractivity contribution < 1.29 is 4.79 Å². The number of nitrogens with one attached hydrogen (secondary N) is 2. The fraction of sp³-hybridized carbons (Fsp3) is 0.346. The van der Waals surface area contributed by atoms with Gasteiger partial charge < -0.3 is 10.6 Å². The van der Waals surface area contributed by atoms with Gasteiger partial charge in [0.1, 0.15) is 5.82 Å². The number of aryl methyl sites for hydroxylation is 4. The number of ketones is 1. The molecule has 0 spiro atoms. The summed E-state index contributed by atoms with van der Waals surface area (Å²) in [6, 6.07) is 12.4. The van der Waals surface area contributed by atoms with Gasteiger partial charge in [0.25, 0.3) is 0 Å². The van der Waals surface area contributed by atoms with Gasteiger partial charge in [0.05, 0.1) is 11.3 Å². The molecule has 2 aromatic carbocycles. The van der Waals surface area contributed by atoms with Crippen LogP contribution in [-0.2, 0) is 6.42 Å². The molecular weight excluding hydrogens is 384 g/mol. The summed E-state index contributed by atoms with van der Waals surface area (Å²) < 4.78 is 0. The van der Waals surface area contributed by atoms with Gasteiger partial charge in [-0.05, 0) is 74.4 Å². The summed E-state index contributed by atoms with van der Waals surface area (Å²) >= 11 is 0. The predicted octanol–water partition coefficient (Wildman–Crippen LogP) is 6.35. The van der Waals surface area contributed by atoms with Gasteiger partial charge in [0, 0.05) is 17.8 Å². The van der Waals surface area contributed by atoms with Crippen molar-refractivity contribution in [2.24, 2.45) is 5.41 Å². The van der Waals surface area contributed by atoms with E-state index in [0.717, 1.165) is 29.1 Å². The van der Waals surface area contributed by atoms with Crippen LogP contribution in [0.2, 0.25) is 0 Å². The molecule has 0 amide bonds. The normalized spacial score (nSPS) is 14.8. The SMILES string of the molecule is Cc1ccc(Nc2nc(Nc3ccc(C)c(C)c3)nc3c2C(=O)CC(C)(C)C3)c(C)c1. The Morgan fingerprint density at radius 2 is 1.61 bits per heavy atom. The minimum Gasteiger partial charge on any atom is -0.339 e. The molecule has 0 saturated carbocycles. The van der Waals surface area contributed by atoms with Gasteiger partial charge in [0.15, 0.2) is 5.78 Å². The number of hydrogen-bond acceptors (Lipinski definition) is 5. The van der Waals surface area contributed by atoms with Crippen LogP contribution in [0.15, 0.2) is 36.4 Å². The van der Waals surface area contributed by atoms with Crippen molar-refractivity contribution in [1.29, 1.82) is 0 Å². The molecule has 5 heteroatoms. The van der Waals surface area contributed by atoms with E-state index in [1.54, 1.807) is 0 Å². The molecule has 0 fully saturated rings. The number of fused-ring (bicyclic) bond motifs is 1. The summed E-state index contributed by atoms with van der Waals surface area (Å²) in [5.41, 5.74) is 7.92. The second-order valence-electron chi connectivity index (χ2n) is 9.53. The zero-order chi connectivity index (χ0) is 22.3. The fourth-order valence-corrected chi connectivity index (χ4v) is 4.14. The molecule has 0 aliphatic heterocycles. The minimum absolute atomic E-state index is 0.0937. The molecule has 1 heterocycles. The number of aromatic nitrogens is 2. The maximum atomic E-state index is 13.1. The Bertz CT molecular complexity index is 1180. The number of hydrogen-bond donors (Lipinski definition) is 2. The van der Waals surface area contributed by atoms with E-state index in [4.69, 9.17) is 9.97 Å². The third kappa shape index (κ3) is 4.46. The van der Waals surface area contributed by atoms with Gasteiger partial charge in [0.2, 0.25) is 5.95 Å². The summed E-state index contributed by atoms with van der Waals surface area (Å²) in [5, 5.41) is 6.76. The van der Waals surface area contributed by atoms with E-state index < -0.39 is 0 Å². The molecule has 31 heavy (non-hydrogen) atoms. The number of carbonyl (C=O) groups is 1. The lowest BCUT2D eigenvalue weighted by molar-refractivity contribution is 0.0911. The number of anilines is 4. The van der Waals surface area contributed by atoms with Crippen LogP contribution < -0.4 is 10.6 Å². The molecule has 1 aliphatic carbocycles. The van der Waals surface area contributed by atoms with Gasteiger partial charge in [-0.3, -0.25) is 4.79 Å². The highest BCUT2D eigenvalue weighted by Crippen LogP contribution is 2.38. The standard InChI is InChI=1S/C26H30N4O/c1-15-7-10-20(18(4)11-15)28-24-23-21(13-26(5,6)14-22(23)31)29-25(30-24)27-19-9-8-16(2)17(3)12-19/h7-12H,13-14H2,1-6H3,(H2,27,28,29,30). The van der Waals surface area contributed by atoms with Gasteiger partial charge in [-0.2, -0.15) is 4.98 Å². The predicted molar refractivity (Wildman–Crippen MR) is 127 cm³/mol. The van der Waals surface area contributed by atoms with E-state index in [2.05, 4.69) is 76.4 Å². The van der Waals surface area contributed by atoms with Gasteiger partial charge in [-0.15, -0.1) is 0 Å². The monoisotopic (exact) mass is 414 g/mol. The molecule has 0 bridgehead atoms. The Balaban J connectivity index is 1.79. The van der Waals surface area contributed by atoms with Crippen molar-refractivity contribution in [3.63, 3.8) is 0 Å². The van der Waals surface area contributed by atoms with Gasteiger partial charge in [-0.1, -0.05) is 37.6 Å². The summed E-state index contributed by atoms with van der Waals surface area (Å²) in [4.78, 5) is 22.6. The average molecular weight is 415 g/mol. The highest BCUT2D eigenvalue weighted by Gasteiger charge is 2.35. The second-order valence-corrected chi connectivity index (χ2v) is 9.53. The van der Waals surface area contributed by atoms with Crippen molar-refractivity contribution in [2.75, 3.05) is 10.6 Å². The Morgan fingerprint density at radius 1 is 0.839 bits per heavy atom. The maximum Gasteiger partial charge on any atom is 0.229 e. The van der Waals surface area contributed by atoms with Crippen LogP contribution in [0.1, 0.15) is 58.6 Å². The fourth-order valence-electron chi connectivity index (χ4n) is 4.14. The third-order valence-electron chi connectivity index (χ3n) is 5.95. The lowest BCUT2D eigenvalue weighted by atomic mass is 9.75. The van der Waals surface area contributed by atoms with E-state index in [9.17, 15) is 4.79 Å². The van der Waals surface area contributed by atoms with Crippen LogP contribution >= 0.6 is 0 Å². The van der Waals surface area contributed by atoms with Crippen LogP contribution in [0, 0.1) is 33.1 Å². The van der Waals surface area contributed by atoms with Crippen LogP contribution in [0.4, 0.5) is 23.1 Å². The minimum atomic E-state index is -0.118. The maximum absolute atomic E-state index is 13.1. The van der Waals surface area contributed by atoms with Crippen molar-refractivity contribution in [3.05, 3.63) is 69.9 Å². The zero-order valence-corrected chi connectivity index (χ0v) is 19.2. The molecule has 2 N–H and O–H groups in total. The van der Waals surface area contributed by atoms with Gasteiger partial charge >= 0.3 is 0 Å². The molecule has 1 aliphatic rings.